The van der Waals surface area contributed by atoms with E-state index in [1.807, 2.05) is 0 Å². The highest BCUT2D eigenvalue weighted by atomic mass is 32.2. The molecule has 0 spiro atoms. The van der Waals surface area contributed by atoms with Crippen molar-refractivity contribution in [3.05, 3.63) is 30.3 Å². The Morgan fingerprint density at radius 3 is 2.44 bits per heavy atom. The molecule has 3 N–H and O–H groups in total. The maximum atomic E-state index is 11.4. The van der Waals surface area contributed by atoms with Crippen LogP contribution in [0, 0.1) is 0 Å². The van der Waals surface area contributed by atoms with Crippen molar-refractivity contribution in [2.24, 2.45) is 0 Å². The molecule has 0 aliphatic heterocycles. The van der Waals surface area contributed by atoms with Crippen molar-refractivity contribution < 1.29 is 17.7 Å². The molecule has 0 heterocycles. The summed E-state index contributed by atoms with van der Waals surface area (Å²) in [5.41, 5.74) is 6.28. The second-order valence-electron chi connectivity index (χ2n) is 3.74. The van der Waals surface area contributed by atoms with Crippen LogP contribution in [0.15, 0.2) is 35.2 Å². The summed E-state index contributed by atoms with van der Waals surface area (Å²) in [5.74, 6) is 0.254. The van der Waals surface area contributed by atoms with Gasteiger partial charge in [0.05, 0.1) is 12.3 Å². The minimum absolute atomic E-state index is 0.198. The Labute approximate surface area is 105 Å². The number of anilines is 1. The SMILES string of the molecule is CCOc1cc(S(=O)(=O)O)c2ccccc2c1N. The lowest BCUT2D eigenvalue weighted by Gasteiger charge is -2.12. The molecule has 2 aromatic rings. The smallest absolute Gasteiger partial charge is 0.295 e. The van der Waals surface area contributed by atoms with Crippen LogP contribution < -0.4 is 10.5 Å². The summed E-state index contributed by atoms with van der Waals surface area (Å²) in [7, 11) is -4.32. The second kappa shape index (κ2) is 4.47. The van der Waals surface area contributed by atoms with Crippen LogP contribution in [-0.4, -0.2) is 19.6 Å². The van der Waals surface area contributed by atoms with E-state index in [1.54, 1.807) is 31.2 Å². The lowest BCUT2D eigenvalue weighted by atomic mass is 10.1. The standard InChI is InChI=1S/C12H13NO4S/c1-2-17-10-7-11(18(14,15)16)8-5-3-4-6-9(8)12(10)13/h3-7H,2,13H2,1H3,(H,14,15,16). The summed E-state index contributed by atoms with van der Waals surface area (Å²) in [6.45, 7) is 2.12. The Bertz CT molecular complexity index is 695. The fourth-order valence-corrected chi connectivity index (χ4v) is 2.54. The van der Waals surface area contributed by atoms with Gasteiger partial charge < -0.3 is 10.5 Å². The molecule has 0 saturated heterocycles. The first-order valence-electron chi connectivity index (χ1n) is 5.36. The van der Waals surface area contributed by atoms with Gasteiger partial charge in [0.25, 0.3) is 10.1 Å². The van der Waals surface area contributed by atoms with E-state index in [1.165, 1.54) is 6.07 Å². The second-order valence-corrected chi connectivity index (χ2v) is 5.13. The van der Waals surface area contributed by atoms with Crippen molar-refractivity contribution in [1.29, 1.82) is 0 Å². The zero-order chi connectivity index (χ0) is 13.3. The van der Waals surface area contributed by atoms with E-state index in [0.717, 1.165) is 0 Å². The van der Waals surface area contributed by atoms with E-state index < -0.39 is 10.1 Å². The number of hydrogen-bond donors (Lipinski definition) is 2. The third-order valence-corrected chi connectivity index (χ3v) is 3.48. The van der Waals surface area contributed by atoms with Crippen molar-refractivity contribution in [3.8, 4) is 5.75 Å². The van der Waals surface area contributed by atoms with Crippen LogP contribution in [0.4, 0.5) is 5.69 Å². The normalized spacial score (nSPS) is 11.7. The topological polar surface area (TPSA) is 89.6 Å². The molecule has 0 fully saturated rings. The highest BCUT2D eigenvalue weighted by Gasteiger charge is 2.18. The summed E-state index contributed by atoms with van der Waals surface area (Å²) in [6, 6.07) is 7.93. The first-order valence-corrected chi connectivity index (χ1v) is 6.80. The molecule has 0 amide bonds. The monoisotopic (exact) mass is 267 g/mol. The maximum absolute atomic E-state index is 11.4. The van der Waals surface area contributed by atoms with Gasteiger partial charge in [-0.2, -0.15) is 8.42 Å². The van der Waals surface area contributed by atoms with E-state index in [-0.39, 0.29) is 10.6 Å². The van der Waals surface area contributed by atoms with Crippen LogP contribution in [0.25, 0.3) is 10.8 Å². The van der Waals surface area contributed by atoms with Crippen LogP contribution in [0.3, 0.4) is 0 Å². The average molecular weight is 267 g/mol. The van der Waals surface area contributed by atoms with E-state index in [2.05, 4.69) is 0 Å². The first kappa shape index (κ1) is 12.7. The van der Waals surface area contributed by atoms with Gasteiger partial charge in [0.2, 0.25) is 0 Å². The van der Waals surface area contributed by atoms with E-state index in [0.29, 0.717) is 23.1 Å². The van der Waals surface area contributed by atoms with Crippen LogP contribution in [0.2, 0.25) is 0 Å². The predicted molar refractivity (Wildman–Crippen MR) is 69.3 cm³/mol. The Morgan fingerprint density at radius 2 is 1.89 bits per heavy atom. The predicted octanol–water partition coefficient (Wildman–Crippen LogP) is 2.07. The zero-order valence-corrected chi connectivity index (χ0v) is 10.6. The molecule has 2 aromatic carbocycles. The molecule has 0 aliphatic rings. The maximum Gasteiger partial charge on any atom is 0.295 e. The molecule has 6 heteroatoms. The highest BCUT2D eigenvalue weighted by molar-refractivity contribution is 7.86. The quantitative estimate of drug-likeness (QED) is 0.656. The molecule has 0 aromatic heterocycles. The summed E-state index contributed by atoms with van der Waals surface area (Å²) in [4.78, 5) is -0.198. The molecule has 0 radical (unpaired) electrons. The van der Waals surface area contributed by atoms with Gasteiger partial charge in [0.15, 0.2) is 0 Å². The summed E-state index contributed by atoms with van der Waals surface area (Å²) in [5, 5.41) is 0.914. The Kier molecular flexibility index (Phi) is 3.14. The van der Waals surface area contributed by atoms with Crippen molar-refractivity contribution in [3.63, 3.8) is 0 Å². The number of rotatable bonds is 3. The van der Waals surface area contributed by atoms with Gasteiger partial charge in [0.1, 0.15) is 10.6 Å². The van der Waals surface area contributed by atoms with Crippen molar-refractivity contribution >= 4 is 26.6 Å². The fourth-order valence-electron chi connectivity index (χ4n) is 1.83. The summed E-state index contributed by atoms with van der Waals surface area (Å²) in [6.07, 6.45) is 0. The van der Waals surface area contributed by atoms with Gasteiger partial charge in [-0.1, -0.05) is 24.3 Å². The molecule has 0 unspecified atom stereocenters. The molecule has 0 atom stereocenters. The minimum Gasteiger partial charge on any atom is -0.492 e. The van der Waals surface area contributed by atoms with Gasteiger partial charge >= 0.3 is 0 Å². The number of nitrogen functional groups attached to an aromatic ring is 1. The molecular formula is C12H13NO4S. The van der Waals surface area contributed by atoms with Crippen LogP contribution in [-0.2, 0) is 10.1 Å². The fraction of sp³-hybridized carbons (Fsp3) is 0.167. The molecule has 18 heavy (non-hydrogen) atoms. The number of hydrogen-bond acceptors (Lipinski definition) is 4. The molecule has 5 nitrogen and oxygen atoms in total. The van der Waals surface area contributed by atoms with Gasteiger partial charge in [-0.3, -0.25) is 4.55 Å². The van der Waals surface area contributed by atoms with Crippen molar-refractivity contribution in [2.75, 3.05) is 12.3 Å². The molecular weight excluding hydrogens is 254 g/mol. The van der Waals surface area contributed by atoms with E-state index >= 15 is 0 Å². The lowest BCUT2D eigenvalue weighted by Crippen LogP contribution is -2.04. The zero-order valence-electron chi connectivity index (χ0n) is 9.75. The van der Waals surface area contributed by atoms with E-state index in [9.17, 15) is 13.0 Å². The van der Waals surface area contributed by atoms with Crippen LogP contribution in [0.5, 0.6) is 5.75 Å². The molecule has 96 valence electrons. The molecule has 0 saturated carbocycles. The molecule has 0 bridgehead atoms. The number of nitrogens with two attached hydrogens (primary N) is 1. The summed E-state index contributed by atoms with van der Waals surface area (Å²) >= 11 is 0. The first-order chi connectivity index (χ1) is 8.45. The Morgan fingerprint density at radius 1 is 1.28 bits per heavy atom. The van der Waals surface area contributed by atoms with Gasteiger partial charge in [-0.05, 0) is 6.92 Å². The summed E-state index contributed by atoms with van der Waals surface area (Å²) < 4.78 is 37.3. The van der Waals surface area contributed by atoms with Gasteiger partial charge in [0, 0.05) is 16.8 Å². The largest absolute Gasteiger partial charge is 0.492 e. The minimum atomic E-state index is -4.32. The molecule has 2 rings (SSSR count). The third kappa shape index (κ3) is 2.12. The van der Waals surface area contributed by atoms with Crippen LogP contribution in [0.1, 0.15) is 6.92 Å². The van der Waals surface area contributed by atoms with Gasteiger partial charge in [-0.15, -0.1) is 0 Å². The van der Waals surface area contributed by atoms with Gasteiger partial charge in [-0.25, -0.2) is 0 Å². The van der Waals surface area contributed by atoms with Crippen molar-refractivity contribution in [2.45, 2.75) is 11.8 Å². The third-order valence-electron chi connectivity index (χ3n) is 2.59. The number of ether oxygens (including phenoxy) is 1. The highest BCUT2D eigenvalue weighted by Crippen LogP contribution is 2.35. The number of benzene rings is 2. The number of fused-ring (bicyclic) bond motifs is 1. The molecule has 0 aliphatic carbocycles. The van der Waals surface area contributed by atoms with E-state index in [4.69, 9.17) is 10.5 Å². The Hall–Kier alpha value is -1.79. The Balaban J connectivity index is 2.89. The van der Waals surface area contributed by atoms with Crippen molar-refractivity contribution in [1.82, 2.24) is 0 Å². The lowest BCUT2D eigenvalue weighted by molar-refractivity contribution is 0.341. The average Bonchev–Trinajstić information content (AvgIpc) is 2.31. The van der Waals surface area contributed by atoms with Crippen LogP contribution >= 0.6 is 0 Å².